The highest BCUT2D eigenvalue weighted by molar-refractivity contribution is 5.78. The lowest BCUT2D eigenvalue weighted by Crippen LogP contribution is -2.41. The summed E-state index contributed by atoms with van der Waals surface area (Å²) < 4.78 is 5.23. The predicted octanol–water partition coefficient (Wildman–Crippen LogP) is 0.112. The Labute approximate surface area is 94.6 Å². The van der Waals surface area contributed by atoms with Crippen LogP contribution in [0, 0.1) is 16.0 Å². The third-order valence-electron chi connectivity index (χ3n) is 2.59. The summed E-state index contributed by atoms with van der Waals surface area (Å²) in [4.78, 5) is 12.1. The number of ether oxygens (including phenoxy) is 1. The molecule has 1 N–H and O–H groups in total. The van der Waals surface area contributed by atoms with Crippen molar-refractivity contribution in [2.75, 3.05) is 33.4 Å². The van der Waals surface area contributed by atoms with Gasteiger partial charge < -0.3 is 15.0 Å². The van der Waals surface area contributed by atoms with Crippen LogP contribution in [-0.2, 0) is 4.74 Å². The second-order valence-electron chi connectivity index (χ2n) is 3.79. The van der Waals surface area contributed by atoms with Gasteiger partial charge in [0.1, 0.15) is 5.10 Å². The van der Waals surface area contributed by atoms with E-state index in [2.05, 4.69) is 10.4 Å². The molecule has 1 unspecified atom stereocenters. The summed E-state index contributed by atoms with van der Waals surface area (Å²) in [5, 5.41) is 16.0. The summed E-state index contributed by atoms with van der Waals surface area (Å²) in [5.74, 6) is 0.724. The summed E-state index contributed by atoms with van der Waals surface area (Å²) in [6.07, 6.45) is 0.995. The first kappa shape index (κ1) is 12.7. The van der Waals surface area contributed by atoms with Crippen molar-refractivity contribution in [3.05, 3.63) is 10.1 Å². The van der Waals surface area contributed by atoms with E-state index in [-0.39, 0.29) is 0 Å². The van der Waals surface area contributed by atoms with Crippen molar-refractivity contribution in [2.24, 2.45) is 11.0 Å². The summed E-state index contributed by atoms with van der Waals surface area (Å²) in [6, 6.07) is 0. The molecule has 0 saturated carbocycles. The molecule has 1 rings (SSSR count). The average Bonchev–Trinajstić information content (AvgIpc) is 2.75. The second kappa shape index (κ2) is 6.26. The van der Waals surface area contributed by atoms with Crippen molar-refractivity contribution >= 4 is 5.96 Å². The molecule has 1 fully saturated rings. The Morgan fingerprint density at radius 1 is 1.75 bits per heavy atom. The lowest BCUT2D eigenvalue weighted by molar-refractivity contribution is -0.485. The van der Waals surface area contributed by atoms with Gasteiger partial charge in [-0.2, -0.15) is 0 Å². The van der Waals surface area contributed by atoms with Gasteiger partial charge >= 0.3 is 0 Å². The average molecular weight is 230 g/mol. The van der Waals surface area contributed by atoms with Crippen LogP contribution in [0.2, 0.25) is 0 Å². The van der Waals surface area contributed by atoms with Crippen LogP contribution in [0.15, 0.2) is 5.10 Å². The summed E-state index contributed by atoms with van der Waals surface area (Å²) in [5.41, 5.74) is 0. The molecule has 1 saturated heterocycles. The van der Waals surface area contributed by atoms with Crippen LogP contribution in [0.4, 0.5) is 0 Å². The normalized spacial score (nSPS) is 20.9. The molecule has 1 heterocycles. The molecule has 0 aromatic rings. The van der Waals surface area contributed by atoms with Crippen LogP contribution < -0.4 is 5.32 Å². The topological polar surface area (TPSA) is 80.0 Å². The summed E-state index contributed by atoms with van der Waals surface area (Å²) >= 11 is 0. The quantitative estimate of drug-likeness (QED) is 0.321. The minimum atomic E-state index is -0.681. The molecule has 7 nitrogen and oxygen atoms in total. The molecule has 7 heteroatoms. The van der Waals surface area contributed by atoms with E-state index in [0.717, 1.165) is 13.0 Å². The van der Waals surface area contributed by atoms with Gasteiger partial charge in [0.05, 0.1) is 6.61 Å². The van der Waals surface area contributed by atoms with Crippen molar-refractivity contribution in [3.8, 4) is 0 Å². The zero-order valence-electron chi connectivity index (χ0n) is 9.68. The van der Waals surface area contributed by atoms with E-state index in [0.29, 0.717) is 31.6 Å². The third kappa shape index (κ3) is 4.01. The van der Waals surface area contributed by atoms with E-state index < -0.39 is 5.03 Å². The predicted molar refractivity (Wildman–Crippen MR) is 59.7 cm³/mol. The van der Waals surface area contributed by atoms with E-state index >= 15 is 0 Å². The number of nitrogens with zero attached hydrogens (tertiary/aromatic N) is 3. The first-order chi connectivity index (χ1) is 7.63. The Morgan fingerprint density at radius 3 is 3.00 bits per heavy atom. The molecule has 0 aromatic carbocycles. The number of nitrogens with one attached hydrogen (secondary N) is 1. The van der Waals surface area contributed by atoms with Crippen LogP contribution in [-0.4, -0.2) is 49.2 Å². The molecule has 1 aliphatic heterocycles. The van der Waals surface area contributed by atoms with Crippen LogP contribution in [0.25, 0.3) is 0 Å². The van der Waals surface area contributed by atoms with Crippen molar-refractivity contribution < 1.29 is 9.77 Å². The number of nitro groups is 1. The van der Waals surface area contributed by atoms with Gasteiger partial charge in [0.15, 0.2) is 5.03 Å². The van der Waals surface area contributed by atoms with Gasteiger partial charge in [0, 0.05) is 32.7 Å². The summed E-state index contributed by atoms with van der Waals surface area (Å²) in [6.45, 7) is 4.74. The van der Waals surface area contributed by atoms with Gasteiger partial charge in [0.25, 0.3) is 5.96 Å². The SMILES string of the molecule is CCN(C)/C(=N\[N+](=O)[O-])NCC1CCOC1. The Balaban J connectivity index is 2.46. The van der Waals surface area contributed by atoms with Gasteiger partial charge in [-0.05, 0) is 13.3 Å². The Kier molecular flexibility index (Phi) is 4.97. The van der Waals surface area contributed by atoms with Crippen LogP contribution in [0.1, 0.15) is 13.3 Å². The van der Waals surface area contributed by atoms with Gasteiger partial charge in [0.2, 0.25) is 0 Å². The molecule has 92 valence electrons. The number of hydrogen-bond acceptors (Lipinski definition) is 3. The number of guanidine groups is 1. The lowest BCUT2D eigenvalue weighted by Gasteiger charge is -2.19. The highest BCUT2D eigenvalue weighted by atomic mass is 16.7. The maximum absolute atomic E-state index is 10.4. The first-order valence-electron chi connectivity index (χ1n) is 5.39. The molecule has 1 atom stereocenters. The Morgan fingerprint density at radius 2 is 2.50 bits per heavy atom. The van der Waals surface area contributed by atoms with E-state index in [1.54, 1.807) is 11.9 Å². The lowest BCUT2D eigenvalue weighted by atomic mass is 10.1. The zero-order valence-corrected chi connectivity index (χ0v) is 9.68. The molecule has 0 radical (unpaired) electrons. The largest absolute Gasteiger partial charge is 0.381 e. The van der Waals surface area contributed by atoms with E-state index in [1.807, 2.05) is 6.92 Å². The van der Waals surface area contributed by atoms with Gasteiger partial charge in [-0.3, -0.25) is 0 Å². The van der Waals surface area contributed by atoms with Crippen molar-refractivity contribution in [1.82, 2.24) is 10.2 Å². The second-order valence-corrected chi connectivity index (χ2v) is 3.79. The van der Waals surface area contributed by atoms with Crippen molar-refractivity contribution in [3.63, 3.8) is 0 Å². The van der Waals surface area contributed by atoms with Gasteiger partial charge in [-0.25, -0.2) is 10.1 Å². The molecule has 0 aromatic heterocycles. The monoisotopic (exact) mass is 230 g/mol. The maximum atomic E-state index is 10.4. The standard InChI is InChI=1S/C9H18N4O3/c1-3-12(2)9(11-13(14)15)10-6-8-4-5-16-7-8/h8H,3-7H2,1-2H3,(H,10,11). The number of hydrogen-bond donors (Lipinski definition) is 1. The van der Waals surface area contributed by atoms with Crippen molar-refractivity contribution in [2.45, 2.75) is 13.3 Å². The Hall–Kier alpha value is -1.37. The smallest absolute Gasteiger partial charge is 0.271 e. The number of hydrazone groups is 1. The van der Waals surface area contributed by atoms with Gasteiger partial charge in [-0.15, -0.1) is 0 Å². The van der Waals surface area contributed by atoms with E-state index in [4.69, 9.17) is 4.74 Å². The van der Waals surface area contributed by atoms with E-state index in [9.17, 15) is 10.1 Å². The molecule has 16 heavy (non-hydrogen) atoms. The molecule has 0 bridgehead atoms. The first-order valence-corrected chi connectivity index (χ1v) is 5.39. The fourth-order valence-corrected chi connectivity index (χ4v) is 1.45. The number of rotatable bonds is 4. The molecule has 1 aliphatic rings. The zero-order chi connectivity index (χ0) is 12.0. The molecule has 0 aliphatic carbocycles. The highest BCUT2D eigenvalue weighted by Gasteiger charge is 2.17. The molecular weight excluding hydrogens is 212 g/mol. The minimum Gasteiger partial charge on any atom is -0.381 e. The fourth-order valence-electron chi connectivity index (χ4n) is 1.45. The fraction of sp³-hybridized carbons (Fsp3) is 0.889. The van der Waals surface area contributed by atoms with Crippen molar-refractivity contribution in [1.29, 1.82) is 0 Å². The molecule has 0 spiro atoms. The molecular formula is C9H18N4O3. The van der Waals surface area contributed by atoms with Gasteiger partial charge in [-0.1, -0.05) is 0 Å². The minimum absolute atomic E-state index is 0.305. The summed E-state index contributed by atoms with van der Waals surface area (Å²) in [7, 11) is 1.76. The maximum Gasteiger partial charge on any atom is 0.271 e. The van der Waals surface area contributed by atoms with Crippen LogP contribution >= 0.6 is 0 Å². The van der Waals surface area contributed by atoms with Crippen LogP contribution in [0.5, 0.6) is 0 Å². The third-order valence-corrected chi connectivity index (χ3v) is 2.59. The Bertz CT molecular complexity index is 263. The molecule has 0 amide bonds. The van der Waals surface area contributed by atoms with E-state index in [1.165, 1.54) is 0 Å². The van der Waals surface area contributed by atoms with Crippen LogP contribution in [0.3, 0.4) is 0 Å². The highest BCUT2D eigenvalue weighted by Crippen LogP contribution is 2.10.